The lowest BCUT2D eigenvalue weighted by molar-refractivity contribution is -0.115. The Kier molecular flexibility index (Phi) is 5.68. The van der Waals surface area contributed by atoms with Gasteiger partial charge in [0.1, 0.15) is 0 Å². The Labute approximate surface area is 132 Å². The molecule has 0 fully saturated rings. The van der Waals surface area contributed by atoms with Crippen molar-refractivity contribution in [1.82, 2.24) is 0 Å². The molecule has 2 nitrogen and oxygen atoms in total. The number of carbonyl (C=O) groups excluding carboxylic acids is 1. The molecule has 0 aromatic heterocycles. The van der Waals surface area contributed by atoms with Crippen LogP contribution in [0.5, 0.6) is 0 Å². The maximum Gasteiger partial charge on any atom is 0.157 e. The summed E-state index contributed by atoms with van der Waals surface area (Å²) in [4.78, 5) is 11.3. The molecule has 0 aliphatic rings. The van der Waals surface area contributed by atoms with Crippen molar-refractivity contribution in [2.75, 3.05) is 13.2 Å². The van der Waals surface area contributed by atoms with Gasteiger partial charge in [0.05, 0.1) is 13.2 Å². The third-order valence-electron chi connectivity index (χ3n) is 3.93. The predicted octanol–water partition coefficient (Wildman–Crippen LogP) is 4.15. The van der Waals surface area contributed by atoms with Gasteiger partial charge in [-0.25, -0.2) is 0 Å². The molecule has 0 atom stereocenters. The lowest BCUT2D eigenvalue weighted by atomic mass is 9.77. The zero-order valence-corrected chi connectivity index (χ0v) is 13.0. The summed E-state index contributed by atoms with van der Waals surface area (Å²) in [7, 11) is 0. The fourth-order valence-corrected chi connectivity index (χ4v) is 2.50. The fourth-order valence-electron chi connectivity index (χ4n) is 2.50. The van der Waals surface area contributed by atoms with Crippen molar-refractivity contribution in [1.29, 1.82) is 0 Å². The summed E-state index contributed by atoms with van der Waals surface area (Å²) in [5, 5.41) is 0. The van der Waals surface area contributed by atoms with E-state index in [1.165, 1.54) is 17.2 Å². The maximum absolute atomic E-state index is 11.3. The Balaban J connectivity index is 2.16. The standard InChI is InChI=1S/C20H22O2/c1-3-19(21)14-15-22-16-20(2,17-10-6-4-7-11-17)18-12-8-5-9-13-18/h3-13H,1,14-16H2,2H3. The Bertz CT molecular complexity index is 563. The Hall–Kier alpha value is -2.19. The van der Waals surface area contributed by atoms with Crippen LogP contribution in [0.4, 0.5) is 0 Å². The number of ketones is 1. The van der Waals surface area contributed by atoms with Gasteiger partial charge >= 0.3 is 0 Å². The molecular formula is C20H22O2. The van der Waals surface area contributed by atoms with Crippen molar-refractivity contribution in [2.45, 2.75) is 18.8 Å². The summed E-state index contributed by atoms with van der Waals surface area (Å²) in [5.74, 6) is 0.0149. The van der Waals surface area contributed by atoms with E-state index in [9.17, 15) is 4.79 Å². The summed E-state index contributed by atoms with van der Waals surface area (Å²) >= 11 is 0. The van der Waals surface area contributed by atoms with Crippen LogP contribution in [-0.2, 0) is 14.9 Å². The molecule has 0 heterocycles. The Morgan fingerprint density at radius 2 is 1.55 bits per heavy atom. The van der Waals surface area contributed by atoms with E-state index in [1.54, 1.807) is 0 Å². The van der Waals surface area contributed by atoms with Gasteiger partial charge < -0.3 is 4.74 Å². The van der Waals surface area contributed by atoms with Gasteiger partial charge in [-0.3, -0.25) is 4.79 Å². The van der Waals surface area contributed by atoms with Crippen molar-refractivity contribution < 1.29 is 9.53 Å². The minimum absolute atomic E-state index is 0.0149. The van der Waals surface area contributed by atoms with Crippen LogP contribution in [0.2, 0.25) is 0 Å². The van der Waals surface area contributed by atoms with Crippen LogP contribution in [0.25, 0.3) is 0 Å². The summed E-state index contributed by atoms with van der Waals surface area (Å²) in [6, 6.07) is 20.6. The molecule has 22 heavy (non-hydrogen) atoms. The minimum Gasteiger partial charge on any atom is -0.380 e. The van der Waals surface area contributed by atoms with Crippen LogP contribution >= 0.6 is 0 Å². The molecule has 2 rings (SSSR count). The highest BCUT2D eigenvalue weighted by Crippen LogP contribution is 2.32. The van der Waals surface area contributed by atoms with Crippen LogP contribution in [0, 0.1) is 0 Å². The van der Waals surface area contributed by atoms with Crippen LogP contribution in [-0.4, -0.2) is 19.0 Å². The average Bonchev–Trinajstić information content (AvgIpc) is 2.59. The van der Waals surface area contributed by atoms with Crippen LogP contribution in [0.15, 0.2) is 73.3 Å². The Morgan fingerprint density at radius 3 is 2.00 bits per heavy atom. The molecule has 0 aliphatic heterocycles. The smallest absolute Gasteiger partial charge is 0.157 e. The second-order valence-corrected chi connectivity index (χ2v) is 5.54. The van der Waals surface area contributed by atoms with Gasteiger partial charge in [0, 0.05) is 11.8 Å². The molecule has 0 saturated carbocycles. The molecule has 0 unspecified atom stereocenters. The lowest BCUT2D eigenvalue weighted by Crippen LogP contribution is -2.30. The van der Waals surface area contributed by atoms with E-state index in [4.69, 9.17) is 4.74 Å². The first kappa shape index (κ1) is 16.2. The number of benzene rings is 2. The third-order valence-corrected chi connectivity index (χ3v) is 3.93. The van der Waals surface area contributed by atoms with Crippen LogP contribution in [0.3, 0.4) is 0 Å². The van der Waals surface area contributed by atoms with E-state index in [0.717, 1.165) is 0 Å². The van der Waals surface area contributed by atoms with E-state index >= 15 is 0 Å². The summed E-state index contributed by atoms with van der Waals surface area (Å²) in [6.07, 6.45) is 1.72. The molecule has 0 radical (unpaired) electrons. The Morgan fingerprint density at radius 1 is 1.05 bits per heavy atom. The second kappa shape index (κ2) is 7.71. The van der Waals surface area contributed by atoms with Gasteiger partial charge in [-0.15, -0.1) is 0 Å². The number of hydrogen-bond donors (Lipinski definition) is 0. The molecule has 0 bridgehead atoms. The van der Waals surface area contributed by atoms with Gasteiger partial charge in [0.15, 0.2) is 5.78 Å². The van der Waals surface area contributed by atoms with Gasteiger partial charge in [-0.2, -0.15) is 0 Å². The number of hydrogen-bond acceptors (Lipinski definition) is 2. The molecule has 0 saturated heterocycles. The molecule has 2 aromatic rings. The van der Waals surface area contributed by atoms with Crippen LogP contribution in [0.1, 0.15) is 24.5 Å². The van der Waals surface area contributed by atoms with Crippen LogP contribution < -0.4 is 0 Å². The normalized spacial score (nSPS) is 11.1. The largest absolute Gasteiger partial charge is 0.380 e. The summed E-state index contributed by atoms with van der Waals surface area (Å²) in [6.45, 7) is 6.60. The fraction of sp³-hybridized carbons (Fsp3) is 0.250. The molecule has 0 aliphatic carbocycles. The van der Waals surface area contributed by atoms with E-state index in [0.29, 0.717) is 19.6 Å². The predicted molar refractivity (Wildman–Crippen MR) is 90.0 cm³/mol. The SMILES string of the molecule is C=CC(=O)CCOCC(C)(c1ccccc1)c1ccccc1. The number of rotatable bonds is 8. The highest BCUT2D eigenvalue weighted by molar-refractivity contribution is 5.89. The molecule has 2 heteroatoms. The number of carbonyl (C=O) groups is 1. The van der Waals surface area contributed by atoms with Gasteiger partial charge in [0.25, 0.3) is 0 Å². The third kappa shape index (κ3) is 3.92. The first-order chi connectivity index (χ1) is 10.7. The summed E-state index contributed by atoms with van der Waals surface area (Å²) < 4.78 is 5.81. The molecule has 0 spiro atoms. The zero-order valence-electron chi connectivity index (χ0n) is 13.0. The van der Waals surface area contributed by atoms with Gasteiger partial charge in [-0.1, -0.05) is 67.2 Å². The molecule has 0 N–H and O–H groups in total. The molecule has 114 valence electrons. The summed E-state index contributed by atoms with van der Waals surface area (Å²) in [5.41, 5.74) is 2.17. The quantitative estimate of drug-likeness (QED) is 0.540. The zero-order chi connectivity index (χ0) is 15.8. The minimum atomic E-state index is -0.236. The lowest BCUT2D eigenvalue weighted by Gasteiger charge is -2.30. The van der Waals surface area contributed by atoms with E-state index in [2.05, 4.69) is 37.8 Å². The van der Waals surface area contributed by atoms with Crippen molar-refractivity contribution in [2.24, 2.45) is 0 Å². The molecular weight excluding hydrogens is 272 g/mol. The topological polar surface area (TPSA) is 26.3 Å². The second-order valence-electron chi connectivity index (χ2n) is 5.54. The van der Waals surface area contributed by atoms with Crippen molar-refractivity contribution in [3.8, 4) is 0 Å². The monoisotopic (exact) mass is 294 g/mol. The maximum atomic E-state index is 11.3. The van der Waals surface area contributed by atoms with Crippen molar-refractivity contribution >= 4 is 5.78 Å². The highest BCUT2D eigenvalue weighted by atomic mass is 16.5. The average molecular weight is 294 g/mol. The number of ether oxygens (including phenoxy) is 1. The van der Waals surface area contributed by atoms with Crippen molar-refractivity contribution in [3.05, 3.63) is 84.4 Å². The molecule has 0 amide bonds. The van der Waals surface area contributed by atoms with E-state index in [1.807, 2.05) is 36.4 Å². The first-order valence-electron chi connectivity index (χ1n) is 7.51. The van der Waals surface area contributed by atoms with E-state index in [-0.39, 0.29) is 11.2 Å². The first-order valence-corrected chi connectivity index (χ1v) is 7.51. The molecule has 2 aromatic carbocycles. The van der Waals surface area contributed by atoms with Gasteiger partial charge in [0.2, 0.25) is 0 Å². The van der Waals surface area contributed by atoms with Gasteiger partial charge in [-0.05, 0) is 24.1 Å². The van der Waals surface area contributed by atoms with E-state index < -0.39 is 0 Å². The highest BCUT2D eigenvalue weighted by Gasteiger charge is 2.29. The number of allylic oxidation sites excluding steroid dienone is 1. The van der Waals surface area contributed by atoms with Crippen molar-refractivity contribution in [3.63, 3.8) is 0 Å².